The molecule has 142 valence electrons. The van der Waals surface area contributed by atoms with Crippen LogP contribution in [0.3, 0.4) is 0 Å². The Balaban J connectivity index is 3.81. The molecule has 0 fully saturated rings. The first-order chi connectivity index (χ1) is 10.9. The average Bonchev–Trinajstić information content (AvgIpc) is 2.37. The van der Waals surface area contributed by atoms with Crippen LogP contribution in [-0.4, -0.2) is 42.6 Å². The largest absolute Gasteiger partial charge is 0.444 e. The number of alkyl carbamates (subject to hydrolysis) is 2. The zero-order chi connectivity index (χ0) is 18.8. The van der Waals surface area contributed by atoms with Crippen LogP contribution >= 0.6 is 0 Å². The number of carbonyl (C=O) groups excluding carboxylic acids is 2. The van der Waals surface area contributed by atoms with Gasteiger partial charge in [-0.3, -0.25) is 5.32 Å². The van der Waals surface area contributed by atoms with Gasteiger partial charge < -0.3 is 20.1 Å². The van der Waals surface area contributed by atoms with Crippen molar-refractivity contribution in [3.63, 3.8) is 0 Å². The molecule has 0 aliphatic carbocycles. The van der Waals surface area contributed by atoms with E-state index in [1.807, 2.05) is 48.5 Å². The molecule has 0 aromatic carbocycles. The van der Waals surface area contributed by atoms with Gasteiger partial charge in [-0.25, -0.2) is 9.59 Å². The molecule has 3 N–H and O–H groups in total. The number of nitrogens with one attached hydrogen (secondary N) is 3. The molecule has 0 aliphatic rings. The van der Waals surface area contributed by atoms with Crippen LogP contribution in [0.4, 0.5) is 9.59 Å². The van der Waals surface area contributed by atoms with E-state index in [2.05, 4.69) is 16.0 Å². The fraction of sp³-hybridized carbons (Fsp3) is 0.882. The minimum atomic E-state index is -0.504. The van der Waals surface area contributed by atoms with Gasteiger partial charge in [0.05, 0.1) is 6.17 Å². The highest BCUT2D eigenvalue weighted by molar-refractivity contribution is 5.68. The Hall–Kier alpha value is -1.50. The predicted octanol–water partition coefficient (Wildman–Crippen LogP) is 3.14. The smallest absolute Gasteiger partial charge is 0.408 e. The van der Waals surface area contributed by atoms with Crippen molar-refractivity contribution in [1.29, 1.82) is 0 Å². The predicted molar refractivity (Wildman–Crippen MR) is 94.9 cm³/mol. The van der Waals surface area contributed by atoms with Gasteiger partial charge in [0.25, 0.3) is 0 Å². The number of carbonyl (C=O) groups is 2. The van der Waals surface area contributed by atoms with E-state index in [0.29, 0.717) is 6.54 Å². The zero-order valence-electron chi connectivity index (χ0n) is 16.2. The first-order valence-electron chi connectivity index (χ1n) is 8.62. The van der Waals surface area contributed by atoms with Crippen molar-refractivity contribution in [1.82, 2.24) is 16.0 Å². The Labute approximate surface area is 146 Å². The third-order valence-corrected chi connectivity index (χ3v) is 2.76. The SMILES string of the molecule is CCC(NCCCCNC(=O)OC(C)(C)C)NC(=O)OC(C)(C)C. The Morgan fingerprint density at radius 3 is 1.88 bits per heavy atom. The molecule has 7 heteroatoms. The fourth-order valence-electron chi connectivity index (χ4n) is 1.78. The maximum absolute atomic E-state index is 11.7. The normalized spacial score (nSPS) is 13.1. The van der Waals surface area contributed by atoms with Crippen molar-refractivity contribution in [2.45, 2.75) is 85.1 Å². The molecule has 1 unspecified atom stereocenters. The van der Waals surface area contributed by atoms with Gasteiger partial charge >= 0.3 is 12.2 Å². The maximum atomic E-state index is 11.7. The van der Waals surface area contributed by atoms with E-state index >= 15 is 0 Å². The first-order valence-corrected chi connectivity index (χ1v) is 8.62. The Morgan fingerprint density at radius 2 is 1.38 bits per heavy atom. The minimum absolute atomic E-state index is 0.126. The standard InChI is InChI=1S/C17H35N3O4/c1-8-13(20-15(22)24-17(5,6)7)18-11-9-10-12-19-14(21)23-16(2,3)4/h13,18H,8-12H2,1-7H3,(H,19,21)(H,20,22). The highest BCUT2D eigenvalue weighted by Gasteiger charge is 2.18. The summed E-state index contributed by atoms with van der Waals surface area (Å²) in [6, 6.07) is 0. The van der Waals surface area contributed by atoms with Gasteiger partial charge in [0, 0.05) is 6.54 Å². The van der Waals surface area contributed by atoms with Crippen LogP contribution in [0.1, 0.15) is 67.7 Å². The molecule has 0 aromatic heterocycles. The molecule has 1 atom stereocenters. The van der Waals surface area contributed by atoms with Crippen LogP contribution in [-0.2, 0) is 9.47 Å². The molecule has 7 nitrogen and oxygen atoms in total. The Bertz CT molecular complexity index is 386. The van der Waals surface area contributed by atoms with Gasteiger partial charge in [-0.2, -0.15) is 0 Å². The topological polar surface area (TPSA) is 88.7 Å². The second-order valence-corrected chi connectivity index (χ2v) is 7.70. The minimum Gasteiger partial charge on any atom is -0.444 e. The number of rotatable bonds is 8. The van der Waals surface area contributed by atoms with Gasteiger partial charge in [0.15, 0.2) is 0 Å². The average molecular weight is 345 g/mol. The lowest BCUT2D eigenvalue weighted by molar-refractivity contribution is 0.0487. The van der Waals surface area contributed by atoms with Crippen molar-refractivity contribution in [2.75, 3.05) is 13.1 Å². The van der Waals surface area contributed by atoms with E-state index in [0.717, 1.165) is 25.8 Å². The Morgan fingerprint density at radius 1 is 0.875 bits per heavy atom. The van der Waals surface area contributed by atoms with Crippen molar-refractivity contribution in [2.24, 2.45) is 0 Å². The summed E-state index contributed by atoms with van der Waals surface area (Å²) < 4.78 is 10.4. The molecule has 0 rings (SSSR count). The molecule has 0 saturated heterocycles. The number of ether oxygens (including phenoxy) is 2. The number of hydrogen-bond donors (Lipinski definition) is 3. The van der Waals surface area contributed by atoms with Crippen molar-refractivity contribution >= 4 is 12.2 Å². The molecule has 0 radical (unpaired) electrons. The van der Waals surface area contributed by atoms with Crippen molar-refractivity contribution in [3.05, 3.63) is 0 Å². The van der Waals surface area contributed by atoms with E-state index < -0.39 is 23.4 Å². The second-order valence-electron chi connectivity index (χ2n) is 7.70. The third-order valence-electron chi connectivity index (χ3n) is 2.76. The summed E-state index contributed by atoms with van der Waals surface area (Å²) in [6.07, 6.45) is 1.52. The third kappa shape index (κ3) is 14.1. The van der Waals surface area contributed by atoms with E-state index in [1.54, 1.807) is 0 Å². The van der Waals surface area contributed by atoms with Gasteiger partial charge in [0.2, 0.25) is 0 Å². The van der Waals surface area contributed by atoms with E-state index in [1.165, 1.54) is 0 Å². The summed E-state index contributed by atoms with van der Waals surface area (Å²) in [5, 5.41) is 8.77. The van der Waals surface area contributed by atoms with E-state index in [-0.39, 0.29) is 6.17 Å². The van der Waals surface area contributed by atoms with E-state index in [4.69, 9.17) is 9.47 Å². The van der Waals surface area contributed by atoms with Gasteiger partial charge in [-0.15, -0.1) is 0 Å². The summed E-state index contributed by atoms with van der Waals surface area (Å²) >= 11 is 0. The second kappa shape index (κ2) is 10.4. The lowest BCUT2D eigenvalue weighted by Gasteiger charge is -2.23. The van der Waals surface area contributed by atoms with Crippen LogP contribution in [0.15, 0.2) is 0 Å². The molecule has 0 aliphatic heterocycles. The maximum Gasteiger partial charge on any atom is 0.408 e. The Kier molecular flexibility index (Phi) is 9.73. The van der Waals surface area contributed by atoms with Crippen LogP contribution in [0.5, 0.6) is 0 Å². The summed E-state index contributed by atoms with van der Waals surface area (Å²) in [5.74, 6) is 0. The van der Waals surface area contributed by atoms with Gasteiger partial charge in [0.1, 0.15) is 11.2 Å². The van der Waals surface area contributed by atoms with Crippen LogP contribution < -0.4 is 16.0 Å². The quantitative estimate of drug-likeness (QED) is 0.464. The van der Waals surface area contributed by atoms with Crippen LogP contribution in [0.25, 0.3) is 0 Å². The van der Waals surface area contributed by atoms with E-state index in [9.17, 15) is 9.59 Å². The summed E-state index contributed by atoms with van der Waals surface area (Å²) in [6.45, 7) is 14.3. The molecule has 0 spiro atoms. The molecule has 24 heavy (non-hydrogen) atoms. The van der Waals surface area contributed by atoms with Crippen LogP contribution in [0.2, 0.25) is 0 Å². The molecule has 2 amide bonds. The number of unbranched alkanes of at least 4 members (excludes halogenated alkanes) is 1. The lowest BCUT2D eigenvalue weighted by atomic mass is 10.2. The first kappa shape index (κ1) is 22.5. The summed E-state index contributed by atoms with van der Waals surface area (Å²) in [7, 11) is 0. The molecular weight excluding hydrogens is 310 g/mol. The van der Waals surface area contributed by atoms with Gasteiger partial charge in [-0.05, 0) is 67.3 Å². The molecule has 0 saturated carbocycles. The fourth-order valence-corrected chi connectivity index (χ4v) is 1.78. The van der Waals surface area contributed by atoms with Gasteiger partial charge in [-0.1, -0.05) is 6.92 Å². The summed E-state index contributed by atoms with van der Waals surface area (Å²) in [4.78, 5) is 23.2. The number of hydrogen-bond acceptors (Lipinski definition) is 5. The zero-order valence-corrected chi connectivity index (χ0v) is 16.2. The highest BCUT2D eigenvalue weighted by atomic mass is 16.6. The number of amides is 2. The summed E-state index contributed by atoms with van der Waals surface area (Å²) in [5.41, 5.74) is -0.983. The van der Waals surface area contributed by atoms with Crippen LogP contribution in [0, 0.1) is 0 Å². The molecule has 0 heterocycles. The van der Waals surface area contributed by atoms with Crippen molar-refractivity contribution in [3.8, 4) is 0 Å². The monoisotopic (exact) mass is 345 g/mol. The molecular formula is C17H35N3O4. The molecule has 0 aromatic rings. The lowest BCUT2D eigenvalue weighted by Crippen LogP contribution is -2.47. The molecule has 0 bridgehead atoms. The van der Waals surface area contributed by atoms with Crippen molar-refractivity contribution < 1.29 is 19.1 Å². The highest BCUT2D eigenvalue weighted by Crippen LogP contribution is 2.07.